The molecule has 0 aromatic heterocycles. The molecule has 176 valence electrons. The molecule has 1 saturated carbocycles. The van der Waals surface area contributed by atoms with E-state index in [0.717, 1.165) is 43.6 Å². The number of carbonyl (C=O) groups excluding carboxylic acids is 1. The minimum atomic E-state index is -0.643. The standard InChI is InChI=1S/C25H30N2O6/c1-30-20-12-16(13-21(31-2)22(20)32-3)15-26-8-10-27(11-9-26)24(29)17-4-5-19-18(14-17)23(28)25(33-19)6-7-25/h4-5,12-14,23,28H,6-11,15H2,1-3H3. The molecule has 1 aliphatic carbocycles. The highest BCUT2D eigenvalue weighted by Crippen LogP contribution is 2.56. The molecule has 1 N–H and O–H groups in total. The summed E-state index contributed by atoms with van der Waals surface area (Å²) >= 11 is 0. The highest BCUT2D eigenvalue weighted by Gasteiger charge is 2.57. The van der Waals surface area contributed by atoms with Crippen LogP contribution in [0.1, 0.15) is 40.4 Å². The first-order valence-electron chi connectivity index (χ1n) is 11.3. The zero-order valence-electron chi connectivity index (χ0n) is 19.3. The predicted octanol–water partition coefficient (Wildman–Crippen LogP) is 2.63. The largest absolute Gasteiger partial charge is 0.493 e. The van der Waals surface area contributed by atoms with Crippen LogP contribution in [-0.2, 0) is 6.54 Å². The van der Waals surface area contributed by atoms with Crippen LogP contribution in [0.4, 0.5) is 0 Å². The number of methoxy groups -OCH3 is 3. The normalized spacial score (nSPS) is 20.8. The maximum atomic E-state index is 13.1. The second kappa shape index (κ2) is 8.43. The van der Waals surface area contributed by atoms with Gasteiger partial charge in [-0.2, -0.15) is 0 Å². The maximum absolute atomic E-state index is 13.1. The van der Waals surface area contributed by atoms with Crippen molar-refractivity contribution in [3.05, 3.63) is 47.0 Å². The number of rotatable bonds is 6. The summed E-state index contributed by atoms with van der Waals surface area (Å²) in [4.78, 5) is 17.3. The summed E-state index contributed by atoms with van der Waals surface area (Å²) in [5.74, 6) is 2.55. The molecule has 1 unspecified atom stereocenters. The second-order valence-corrected chi connectivity index (χ2v) is 8.92. The van der Waals surface area contributed by atoms with Gasteiger partial charge in [0.05, 0.1) is 21.3 Å². The number of piperazine rings is 1. The quantitative estimate of drug-likeness (QED) is 0.719. The van der Waals surface area contributed by atoms with Crippen LogP contribution in [0.15, 0.2) is 30.3 Å². The Bertz CT molecular complexity index is 1030. The van der Waals surface area contributed by atoms with Crippen molar-refractivity contribution in [2.75, 3.05) is 47.5 Å². The molecular formula is C25H30N2O6. The Morgan fingerprint density at radius 2 is 1.70 bits per heavy atom. The summed E-state index contributed by atoms with van der Waals surface area (Å²) in [6.45, 7) is 3.54. The van der Waals surface area contributed by atoms with Gasteiger partial charge < -0.3 is 29.0 Å². The maximum Gasteiger partial charge on any atom is 0.253 e. The van der Waals surface area contributed by atoms with Gasteiger partial charge in [0.2, 0.25) is 5.75 Å². The molecule has 1 spiro atoms. The first-order chi connectivity index (χ1) is 16.0. The van der Waals surface area contributed by atoms with Gasteiger partial charge in [0.25, 0.3) is 5.91 Å². The number of benzene rings is 2. The van der Waals surface area contributed by atoms with Gasteiger partial charge in [0, 0.05) is 43.9 Å². The van der Waals surface area contributed by atoms with Gasteiger partial charge in [0.15, 0.2) is 11.5 Å². The summed E-state index contributed by atoms with van der Waals surface area (Å²) in [6, 6.07) is 9.35. The van der Waals surface area contributed by atoms with Crippen LogP contribution in [0.5, 0.6) is 23.0 Å². The lowest BCUT2D eigenvalue weighted by molar-refractivity contribution is 0.0488. The average molecular weight is 455 g/mol. The third kappa shape index (κ3) is 3.87. The van der Waals surface area contributed by atoms with Gasteiger partial charge >= 0.3 is 0 Å². The molecule has 3 aliphatic rings. The fraction of sp³-hybridized carbons (Fsp3) is 0.480. The molecule has 0 bridgehead atoms. The number of hydrogen-bond acceptors (Lipinski definition) is 7. The van der Waals surface area contributed by atoms with Crippen LogP contribution >= 0.6 is 0 Å². The van der Waals surface area contributed by atoms with Gasteiger partial charge in [-0.3, -0.25) is 9.69 Å². The number of hydrogen-bond donors (Lipinski definition) is 1. The molecule has 2 heterocycles. The summed E-state index contributed by atoms with van der Waals surface area (Å²) in [6.07, 6.45) is 1.08. The number of aliphatic hydroxyl groups is 1. The lowest BCUT2D eigenvalue weighted by atomic mass is 10.0. The topological polar surface area (TPSA) is 80.7 Å². The van der Waals surface area contributed by atoms with Crippen molar-refractivity contribution < 1.29 is 28.8 Å². The highest BCUT2D eigenvalue weighted by molar-refractivity contribution is 5.94. The van der Waals surface area contributed by atoms with Crippen LogP contribution in [-0.4, -0.2) is 73.9 Å². The van der Waals surface area contributed by atoms with Crippen LogP contribution in [0.2, 0.25) is 0 Å². The Labute approximate surface area is 193 Å². The average Bonchev–Trinajstić information content (AvgIpc) is 3.57. The van der Waals surface area contributed by atoms with E-state index in [4.69, 9.17) is 18.9 Å². The van der Waals surface area contributed by atoms with Crippen LogP contribution in [0.25, 0.3) is 0 Å². The fourth-order valence-electron chi connectivity index (χ4n) is 4.82. The third-order valence-electron chi connectivity index (χ3n) is 6.90. The van der Waals surface area contributed by atoms with E-state index in [0.29, 0.717) is 41.7 Å². The number of carbonyl (C=O) groups is 1. The van der Waals surface area contributed by atoms with Crippen molar-refractivity contribution in [1.82, 2.24) is 9.80 Å². The van der Waals surface area contributed by atoms with Crippen molar-refractivity contribution in [3.8, 4) is 23.0 Å². The monoisotopic (exact) mass is 454 g/mol. The van der Waals surface area contributed by atoms with E-state index in [2.05, 4.69) is 4.90 Å². The Hall–Kier alpha value is -2.97. The predicted molar refractivity (Wildman–Crippen MR) is 121 cm³/mol. The van der Waals surface area contributed by atoms with Gasteiger partial charge in [-0.05, 0) is 48.7 Å². The fourth-order valence-corrected chi connectivity index (χ4v) is 4.82. The van der Waals surface area contributed by atoms with Crippen LogP contribution < -0.4 is 18.9 Å². The van der Waals surface area contributed by atoms with Crippen LogP contribution in [0, 0.1) is 0 Å². The molecular weight excluding hydrogens is 424 g/mol. The smallest absolute Gasteiger partial charge is 0.253 e. The van der Waals surface area contributed by atoms with Gasteiger partial charge in [-0.25, -0.2) is 0 Å². The van der Waals surface area contributed by atoms with E-state index in [9.17, 15) is 9.90 Å². The lowest BCUT2D eigenvalue weighted by Gasteiger charge is -2.35. The van der Waals surface area contributed by atoms with Crippen molar-refractivity contribution >= 4 is 5.91 Å². The van der Waals surface area contributed by atoms with Gasteiger partial charge in [-0.1, -0.05) is 0 Å². The summed E-state index contributed by atoms with van der Waals surface area (Å²) in [5, 5.41) is 10.6. The number of ether oxygens (including phenoxy) is 4. The minimum Gasteiger partial charge on any atom is -0.493 e. The molecule has 2 fully saturated rings. The van der Waals surface area contributed by atoms with E-state index in [-0.39, 0.29) is 5.91 Å². The molecule has 1 atom stereocenters. The molecule has 8 heteroatoms. The van der Waals surface area contributed by atoms with E-state index >= 15 is 0 Å². The molecule has 2 aromatic carbocycles. The Balaban J connectivity index is 1.22. The molecule has 2 aliphatic heterocycles. The zero-order chi connectivity index (χ0) is 23.2. The van der Waals surface area contributed by atoms with E-state index in [1.165, 1.54) is 0 Å². The molecule has 2 aromatic rings. The highest BCUT2D eigenvalue weighted by atomic mass is 16.5. The summed E-state index contributed by atoms with van der Waals surface area (Å²) in [7, 11) is 4.81. The molecule has 1 saturated heterocycles. The Kier molecular flexibility index (Phi) is 5.58. The Morgan fingerprint density at radius 1 is 1.03 bits per heavy atom. The summed E-state index contributed by atoms with van der Waals surface area (Å²) in [5.41, 5.74) is 1.96. The molecule has 8 nitrogen and oxygen atoms in total. The lowest BCUT2D eigenvalue weighted by Crippen LogP contribution is -2.48. The number of fused-ring (bicyclic) bond motifs is 1. The first kappa shape index (κ1) is 21.9. The number of aliphatic hydroxyl groups excluding tert-OH is 1. The van der Waals surface area contributed by atoms with E-state index in [1.54, 1.807) is 33.5 Å². The minimum absolute atomic E-state index is 0.00539. The number of nitrogens with zero attached hydrogens (tertiary/aromatic N) is 2. The van der Waals surface area contributed by atoms with E-state index < -0.39 is 11.7 Å². The van der Waals surface area contributed by atoms with Crippen LogP contribution in [0.3, 0.4) is 0 Å². The van der Waals surface area contributed by atoms with Crippen molar-refractivity contribution in [2.24, 2.45) is 0 Å². The summed E-state index contributed by atoms with van der Waals surface area (Å²) < 4.78 is 22.2. The molecule has 33 heavy (non-hydrogen) atoms. The van der Waals surface area contributed by atoms with Crippen molar-refractivity contribution in [3.63, 3.8) is 0 Å². The SMILES string of the molecule is COc1cc(CN2CCN(C(=O)c3ccc4c(c3)C(O)C3(CC3)O4)CC2)cc(OC)c1OC. The second-order valence-electron chi connectivity index (χ2n) is 8.92. The molecule has 5 rings (SSSR count). The molecule has 1 amide bonds. The number of amides is 1. The van der Waals surface area contributed by atoms with Crippen molar-refractivity contribution in [2.45, 2.75) is 31.1 Å². The Morgan fingerprint density at radius 3 is 2.27 bits per heavy atom. The van der Waals surface area contributed by atoms with E-state index in [1.807, 2.05) is 23.1 Å². The molecule has 0 radical (unpaired) electrons. The zero-order valence-corrected chi connectivity index (χ0v) is 19.3. The first-order valence-corrected chi connectivity index (χ1v) is 11.3. The van der Waals surface area contributed by atoms with Gasteiger partial charge in [-0.15, -0.1) is 0 Å². The third-order valence-corrected chi connectivity index (χ3v) is 6.90. The van der Waals surface area contributed by atoms with Gasteiger partial charge in [0.1, 0.15) is 17.5 Å². The van der Waals surface area contributed by atoms with Crippen molar-refractivity contribution in [1.29, 1.82) is 0 Å².